The van der Waals surface area contributed by atoms with Crippen molar-refractivity contribution in [3.63, 3.8) is 0 Å². The van der Waals surface area contributed by atoms with Crippen LogP contribution in [-0.4, -0.2) is 17.5 Å². The van der Waals surface area contributed by atoms with E-state index in [9.17, 15) is 18.0 Å². The third-order valence-corrected chi connectivity index (χ3v) is 4.02. The van der Waals surface area contributed by atoms with Crippen molar-refractivity contribution in [2.45, 2.75) is 35.7 Å². The van der Waals surface area contributed by atoms with Crippen LogP contribution in [0.2, 0.25) is 0 Å². The molecule has 1 fully saturated rings. The van der Waals surface area contributed by atoms with E-state index in [1.54, 1.807) is 6.07 Å². The van der Waals surface area contributed by atoms with E-state index in [0.29, 0.717) is 12.8 Å². The zero-order valence-electron chi connectivity index (χ0n) is 11.0. The number of halogens is 4. The predicted molar refractivity (Wildman–Crippen MR) is 79.5 cm³/mol. The minimum atomic E-state index is -4.38. The second kappa shape index (κ2) is 7.38. The third kappa shape index (κ3) is 5.41. The minimum absolute atomic E-state index is 0. The SMILES string of the molecule is Cl.NC1CCC(C(=O)Nc2ccccc2SC(F)(F)F)C1. The molecule has 0 heterocycles. The molecule has 0 bridgehead atoms. The van der Waals surface area contributed by atoms with E-state index < -0.39 is 5.51 Å². The highest BCUT2D eigenvalue weighted by Gasteiger charge is 2.32. The number of thioether (sulfide) groups is 1. The number of nitrogens with one attached hydrogen (secondary N) is 1. The number of anilines is 1. The van der Waals surface area contributed by atoms with E-state index in [0.717, 1.165) is 6.42 Å². The van der Waals surface area contributed by atoms with Gasteiger partial charge in [-0.15, -0.1) is 12.4 Å². The second-order valence-corrected chi connectivity index (χ2v) is 5.91. The van der Waals surface area contributed by atoms with E-state index in [2.05, 4.69) is 5.32 Å². The zero-order chi connectivity index (χ0) is 14.8. The molecule has 3 nitrogen and oxygen atoms in total. The molecule has 21 heavy (non-hydrogen) atoms. The van der Waals surface area contributed by atoms with Crippen LogP contribution >= 0.6 is 24.2 Å². The van der Waals surface area contributed by atoms with Gasteiger partial charge in [0.15, 0.2) is 0 Å². The smallest absolute Gasteiger partial charge is 0.328 e. The van der Waals surface area contributed by atoms with E-state index in [1.807, 2.05) is 0 Å². The number of rotatable bonds is 3. The first-order chi connectivity index (χ1) is 9.35. The number of benzene rings is 1. The number of amides is 1. The summed E-state index contributed by atoms with van der Waals surface area (Å²) in [6.45, 7) is 0. The molecule has 2 unspecified atom stereocenters. The Morgan fingerprint density at radius 2 is 1.95 bits per heavy atom. The normalized spacial score (nSPS) is 21.7. The molecule has 0 radical (unpaired) electrons. The molecule has 1 aliphatic carbocycles. The van der Waals surface area contributed by atoms with Crippen molar-refractivity contribution in [3.8, 4) is 0 Å². The van der Waals surface area contributed by atoms with Crippen molar-refractivity contribution in [2.75, 3.05) is 5.32 Å². The summed E-state index contributed by atoms with van der Waals surface area (Å²) in [5, 5.41) is 2.58. The van der Waals surface area contributed by atoms with Gasteiger partial charge in [0.1, 0.15) is 0 Å². The van der Waals surface area contributed by atoms with Crippen LogP contribution in [0.25, 0.3) is 0 Å². The van der Waals surface area contributed by atoms with Crippen molar-refractivity contribution >= 4 is 35.8 Å². The van der Waals surface area contributed by atoms with Gasteiger partial charge < -0.3 is 11.1 Å². The average molecular weight is 341 g/mol. The molecule has 8 heteroatoms. The molecule has 118 valence electrons. The Kier molecular flexibility index (Phi) is 6.37. The lowest BCUT2D eigenvalue weighted by Gasteiger charge is -2.14. The number of carbonyl (C=O) groups is 1. The summed E-state index contributed by atoms with van der Waals surface area (Å²) in [6, 6.07) is 5.92. The van der Waals surface area contributed by atoms with Gasteiger partial charge >= 0.3 is 5.51 Å². The van der Waals surface area contributed by atoms with Gasteiger partial charge in [0.25, 0.3) is 0 Å². The molecular weight excluding hydrogens is 325 g/mol. The Morgan fingerprint density at radius 3 is 2.52 bits per heavy atom. The van der Waals surface area contributed by atoms with Gasteiger partial charge in [0.2, 0.25) is 5.91 Å². The highest BCUT2D eigenvalue weighted by molar-refractivity contribution is 8.00. The second-order valence-electron chi connectivity index (χ2n) is 4.80. The summed E-state index contributed by atoms with van der Waals surface area (Å²) < 4.78 is 37.3. The van der Waals surface area contributed by atoms with Crippen LogP contribution in [0.1, 0.15) is 19.3 Å². The number of para-hydroxylation sites is 1. The van der Waals surface area contributed by atoms with Gasteiger partial charge in [0, 0.05) is 16.9 Å². The molecule has 0 saturated heterocycles. The molecule has 1 aliphatic rings. The summed E-state index contributed by atoms with van der Waals surface area (Å²) in [5.74, 6) is -0.470. The summed E-state index contributed by atoms with van der Waals surface area (Å²) in [7, 11) is 0. The van der Waals surface area contributed by atoms with E-state index in [1.165, 1.54) is 18.2 Å². The molecule has 0 spiro atoms. The van der Waals surface area contributed by atoms with Gasteiger partial charge in [-0.1, -0.05) is 12.1 Å². The minimum Gasteiger partial charge on any atom is -0.328 e. The zero-order valence-corrected chi connectivity index (χ0v) is 12.7. The molecular formula is C13H16ClF3N2OS. The van der Waals surface area contributed by atoms with Crippen molar-refractivity contribution in [3.05, 3.63) is 24.3 Å². The van der Waals surface area contributed by atoms with Gasteiger partial charge in [-0.2, -0.15) is 13.2 Å². The Bertz CT molecular complexity index is 499. The van der Waals surface area contributed by atoms with Gasteiger partial charge in [-0.25, -0.2) is 0 Å². The summed E-state index contributed by atoms with van der Waals surface area (Å²) in [4.78, 5) is 12.0. The number of carbonyl (C=O) groups excluding carboxylic acids is 1. The largest absolute Gasteiger partial charge is 0.446 e. The van der Waals surface area contributed by atoms with Crippen LogP contribution in [0.4, 0.5) is 18.9 Å². The fourth-order valence-corrected chi connectivity index (χ4v) is 2.90. The first-order valence-corrected chi connectivity index (χ1v) is 7.08. The molecule has 2 atom stereocenters. The standard InChI is InChI=1S/C13H15F3N2OS.ClH/c14-13(15,16)20-11-4-2-1-3-10(11)18-12(19)8-5-6-9(17)7-8;/h1-4,8-9H,5-7,17H2,(H,18,19);1H. The number of nitrogens with two attached hydrogens (primary N) is 1. The maximum Gasteiger partial charge on any atom is 0.446 e. The molecule has 1 amide bonds. The van der Waals surface area contributed by atoms with E-state index in [4.69, 9.17) is 5.73 Å². The van der Waals surface area contributed by atoms with Crippen molar-refractivity contribution in [2.24, 2.45) is 11.7 Å². The summed E-state index contributed by atoms with van der Waals surface area (Å²) in [6.07, 6.45) is 2.04. The molecule has 0 aliphatic heterocycles. The Balaban J connectivity index is 0.00000220. The number of hydrogen-bond donors (Lipinski definition) is 2. The monoisotopic (exact) mass is 340 g/mol. The maximum atomic E-state index is 12.4. The molecule has 0 aromatic heterocycles. The van der Waals surface area contributed by atoms with Crippen LogP contribution < -0.4 is 11.1 Å². The van der Waals surface area contributed by atoms with Crippen molar-refractivity contribution in [1.82, 2.24) is 0 Å². The number of hydrogen-bond acceptors (Lipinski definition) is 3. The lowest BCUT2D eigenvalue weighted by atomic mass is 10.1. The Hall–Kier alpha value is -0.920. The average Bonchev–Trinajstić information content (AvgIpc) is 2.77. The first kappa shape index (κ1) is 18.1. The maximum absolute atomic E-state index is 12.4. The van der Waals surface area contributed by atoms with Crippen LogP contribution in [0.5, 0.6) is 0 Å². The summed E-state index contributed by atoms with van der Waals surface area (Å²) >= 11 is -0.227. The first-order valence-electron chi connectivity index (χ1n) is 6.26. The van der Waals surface area contributed by atoms with E-state index >= 15 is 0 Å². The fraction of sp³-hybridized carbons (Fsp3) is 0.462. The van der Waals surface area contributed by atoms with Gasteiger partial charge in [-0.3, -0.25) is 4.79 Å². The molecule has 2 rings (SSSR count). The van der Waals surface area contributed by atoms with E-state index in [-0.39, 0.29) is 52.6 Å². The summed E-state index contributed by atoms with van der Waals surface area (Å²) in [5.41, 5.74) is 1.55. The Morgan fingerprint density at radius 1 is 1.29 bits per heavy atom. The molecule has 1 aromatic carbocycles. The quantitative estimate of drug-likeness (QED) is 0.823. The van der Waals surface area contributed by atoms with Crippen LogP contribution in [0.3, 0.4) is 0 Å². The lowest BCUT2D eigenvalue weighted by Crippen LogP contribution is -2.23. The lowest BCUT2D eigenvalue weighted by molar-refractivity contribution is -0.119. The van der Waals surface area contributed by atoms with Gasteiger partial charge in [0.05, 0.1) is 5.69 Å². The van der Waals surface area contributed by atoms with Crippen LogP contribution in [0.15, 0.2) is 29.2 Å². The Labute approximate surface area is 131 Å². The molecule has 3 N–H and O–H groups in total. The topological polar surface area (TPSA) is 55.1 Å². The molecule has 1 aromatic rings. The highest BCUT2D eigenvalue weighted by atomic mass is 35.5. The van der Waals surface area contributed by atoms with Crippen molar-refractivity contribution < 1.29 is 18.0 Å². The third-order valence-electron chi connectivity index (χ3n) is 3.21. The van der Waals surface area contributed by atoms with Gasteiger partial charge in [-0.05, 0) is 43.2 Å². The van der Waals surface area contributed by atoms with Crippen molar-refractivity contribution in [1.29, 1.82) is 0 Å². The highest BCUT2D eigenvalue weighted by Crippen LogP contribution is 2.40. The van der Waals surface area contributed by atoms with Crippen LogP contribution in [0, 0.1) is 5.92 Å². The number of alkyl halides is 3. The fourth-order valence-electron chi connectivity index (χ4n) is 2.27. The molecule has 1 saturated carbocycles. The van der Waals surface area contributed by atoms with Crippen LogP contribution in [-0.2, 0) is 4.79 Å². The predicted octanol–water partition coefficient (Wildman–Crippen LogP) is 3.79.